The Morgan fingerprint density at radius 1 is 1.03 bits per heavy atom. The van der Waals surface area contributed by atoms with Crippen LogP contribution in [0.4, 0.5) is 5.69 Å². The summed E-state index contributed by atoms with van der Waals surface area (Å²) in [6.07, 6.45) is 0. The summed E-state index contributed by atoms with van der Waals surface area (Å²) in [5, 5.41) is 4.21. The predicted octanol–water partition coefficient (Wildman–Crippen LogP) is 3.88. The fourth-order valence-corrected chi connectivity index (χ4v) is 3.58. The van der Waals surface area contributed by atoms with E-state index in [4.69, 9.17) is 9.26 Å². The van der Waals surface area contributed by atoms with Gasteiger partial charge in [-0.1, -0.05) is 5.16 Å². The fraction of sp³-hybridized carbons (Fsp3) is 0.304. The van der Waals surface area contributed by atoms with Crippen LogP contribution in [0.1, 0.15) is 23.0 Å². The first-order valence-corrected chi connectivity index (χ1v) is 9.81. The number of piperazine rings is 1. The summed E-state index contributed by atoms with van der Waals surface area (Å²) < 4.78 is 10.8. The van der Waals surface area contributed by atoms with Gasteiger partial charge in [-0.05, 0) is 55.5 Å². The maximum absolute atomic E-state index is 11.4. The number of carbonyl (C=O) groups is 1. The van der Waals surface area contributed by atoms with Gasteiger partial charge in [0.1, 0.15) is 11.4 Å². The lowest BCUT2D eigenvalue weighted by atomic mass is 10.1. The number of ether oxygens (including phenoxy) is 1. The van der Waals surface area contributed by atoms with Crippen molar-refractivity contribution >= 4 is 11.5 Å². The molecule has 0 N–H and O–H groups in total. The van der Waals surface area contributed by atoms with Crippen LogP contribution in [-0.2, 0) is 6.54 Å². The Bertz CT molecular complexity index is 956. The normalized spacial score (nSPS) is 14.8. The number of Topliss-reactive ketones (excluding diaryl/α,β-unsaturated/α-hetero) is 1. The molecule has 1 aliphatic rings. The lowest BCUT2D eigenvalue weighted by Crippen LogP contribution is -2.45. The Balaban J connectivity index is 1.32. The summed E-state index contributed by atoms with van der Waals surface area (Å²) in [6.45, 7) is 6.13. The summed E-state index contributed by atoms with van der Waals surface area (Å²) >= 11 is 0. The molecular formula is C23H25N3O3. The van der Waals surface area contributed by atoms with Crippen molar-refractivity contribution in [1.82, 2.24) is 10.1 Å². The first kappa shape index (κ1) is 19.2. The number of rotatable bonds is 6. The van der Waals surface area contributed by atoms with Crippen molar-refractivity contribution in [3.8, 4) is 17.0 Å². The number of nitrogens with zero attached hydrogens (tertiary/aromatic N) is 3. The fourth-order valence-electron chi connectivity index (χ4n) is 3.58. The van der Waals surface area contributed by atoms with Gasteiger partial charge in [-0.2, -0.15) is 0 Å². The van der Waals surface area contributed by atoms with E-state index in [1.54, 1.807) is 14.0 Å². The molecule has 3 aromatic rings. The van der Waals surface area contributed by atoms with Crippen LogP contribution in [-0.4, -0.2) is 49.1 Å². The highest BCUT2D eigenvalue weighted by Gasteiger charge is 2.19. The number of carbonyl (C=O) groups excluding carboxylic acids is 1. The molecule has 1 fully saturated rings. The van der Waals surface area contributed by atoms with Crippen LogP contribution in [0.3, 0.4) is 0 Å². The SMILES string of the molecule is COc1ccc(-c2cc(CN3CCN(c4ccc(C(C)=O)cc4)CC3)on2)cc1. The molecule has 0 radical (unpaired) electrons. The third kappa shape index (κ3) is 4.49. The quantitative estimate of drug-likeness (QED) is 0.595. The molecule has 0 atom stereocenters. The number of benzene rings is 2. The van der Waals surface area contributed by atoms with Gasteiger partial charge in [0.2, 0.25) is 0 Å². The topological polar surface area (TPSA) is 58.8 Å². The number of anilines is 1. The molecule has 6 nitrogen and oxygen atoms in total. The van der Waals surface area contributed by atoms with E-state index in [-0.39, 0.29) is 5.78 Å². The van der Waals surface area contributed by atoms with Crippen LogP contribution in [0, 0.1) is 0 Å². The van der Waals surface area contributed by atoms with Gasteiger partial charge in [0.05, 0.1) is 13.7 Å². The van der Waals surface area contributed by atoms with Crippen molar-refractivity contribution < 1.29 is 14.1 Å². The van der Waals surface area contributed by atoms with Crippen LogP contribution >= 0.6 is 0 Å². The zero-order valence-electron chi connectivity index (χ0n) is 16.8. The number of ketones is 1. The van der Waals surface area contributed by atoms with Crippen molar-refractivity contribution in [2.75, 3.05) is 38.2 Å². The van der Waals surface area contributed by atoms with E-state index in [0.717, 1.165) is 66.7 Å². The van der Waals surface area contributed by atoms with Crippen molar-refractivity contribution in [3.05, 3.63) is 65.9 Å². The number of hydrogen-bond acceptors (Lipinski definition) is 6. The lowest BCUT2D eigenvalue weighted by molar-refractivity contribution is 0.101. The van der Waals surface area contributed by atoms with Crippen LogP contribution in [0.15, 0.2) is 59.1 Å². The Kier molecular flexibility index (Phi) is 5.62. The molecule has 0 aliphatic carbocycles. The van der Waals surface area contributed by atoms with Crippen molar-refractivity contribution in [3.63, 3.8) is 0 Å². The second-order valence-corrected chi connectivity index (χ2v) is 7.27. The largest absolute Gasteiger partial charge is 0.497 e. The summed E-state index contributed by atoms with van der Waals surface area (Å²) in [7, 11) is 1.66. The van der Waals surface area contributed by atoms with E-state index >= 15 is 0 Å². The van der Waals surface area contributed by atoms with Gasteiger partial charge >= 0.3 is 0 Å². The van der Waals surface area contributed by atoms with Crippen LogP contribution in [0.25, 0.3) is 11.3 Å². The van der Waals surface area contributed by atoms with Gasteiger partial charge in [0.15, 0.2) is 11.5 Å². The van der Waals surface area contributed by atoms with Gasteiger partial charge in [0.25, 0.3) is 0 Å². The van der Waals surface area contributed by atoms with Crippen LogP contribution < -0.4 is 9.64 Å². The van der Waals surface area contributed by atoms with Crippen LogP contribution in [0.2, 0.25) is 0 Å². The highest BCUT2D eigenvalue weighted by atomic mass is 16.5. The lowest BCUT2D eigenvalue weighted by Gasteiger charge is -2.35. The van der Waals surface area contributed by atoms with E-state index < -0.39 is 0 Å². The van der Waals surface area contributed by atoms with Gasteiger partial charge < -0.3 is 14.2 Å². The summed E-state index contributed by atoms with van der Waals surface area (Å²) in [6, 6.07) is 17.7. The second-order valence-electron chi connectivity index (χ2n) is 7.27. The zero-order chi connectivity index (χ0) is 20.2. The van der Waals surface area contributed by atoms with E-state index in [1.165, 1.54) is 0 Å². The molecule has 0 unspecified atom stereocenters. The van der Waals surface area contributed by atoms with Gasteiger partial charge in [-0.3, -0.25) is 9.69 Å². The number of methoxy groups -OCH3 is 1. The minimum absolute atomic E-state index is 0.0995. The van der Waals surface area contributed by atoms with Gasteiger partial charge in [-0.15, -0.1) is 0 Å². The van der Waals surface area contributed by atoms with Crippen LogP contribution in [0.5, 0.6) is 5.75 Å². The smallest absolute Gasteiger partial charge is 0.159 e. The second kappa shape index (κ2) is 8.49. The molecule has 1 saturated heterocycles. The van der Waals surface area contributed by atoms with Gasteiger partial charge in [-0.25, -0.2) is 0 Å². The van der Waals surface area contributed by atoms with E-state index in [9.17, 15) is 4.79 Å². The minimum atomic E-state index is 0.0995. The molecule has 4 rings (SSSR count). The molecule has 1 aromatic heterocycles. The average molecular weight is 391 g/mol. The molecule has 0 saturated carbocycles. The van der Waals surface area contributed by atoms with Crippen molar-refractivity contribution in [2.24, 2.45) is 0 Å². The first-order chi connectivity index (χ1) is 14.1. The molecule has 1 aliphatic heterocycles. The highest BCUT2D eigenvalue weighted by molar-refractivity contribution is 5.94. The Labute approximate surface area is 170 Å². The summed E-state index contributed by atoms with van der Waals surface area (Å²) in [5.41, 5.74) is 3.77. The number of aromatic nitrogens is 1. The van der Waals surface area contributed by atoms with Gasteiger partial charge in [0, 0.05) is 49.1 Å². The summed E-state index contributed by atoms with van der Waals surface area (Å²) in [4.78, 5) is 16.2. The third-order valence-corrected chi connectivity index (χ3v) is 5.34. The molecular weight excluding hydrogens is 366 g/mol. The molecule has 150 valence electrons. The Hall–Kier alpha value is -3.12. The van der Waals surface area contributed by atoms with E-state index in [1.807, 2.05) is 54.6 Å². The molecule has 0 spiro atoms. The molecule has 6 heteroatoms. The molecule has 2 aromatic carbocycles. The number of hydrogen-bond donors (Lipinski definition) is 0. The highest BCUT2D eigenvalue weighted by Crippen LogP contribution is 2.23. The monoisotopic (exact) mass is 391 g/mol. The predicted molar refractivity (Wildman–Crippen MR) is 112 cm³/mol. The maximum Gasteiger partial charge on any atom is 0.159 e. The Morgan fingerprint density at radius 2 is 1.72 bits per heavy atom. The Morgan fingerprint density at radius 3 is 2.34 bits per heavy atom. The zero-order valence-corrected chi connectivity index (χ0v) is 16.8. The van der Waals surface area contributed by atoms with Crippen molar-refractivity contribution in [1.29, 1.82) is 0 Å². The van der Waals surface area contributed by atoms with E-state index in [0.29, 0.717) is 0 Å². The molecule has 2 heterocycles. The summed E-state index contributed by atoms with van der Waals surface area (Å²) in [5.74, 6) is 1.80. The molecule has 0 bridgehead atoms. The molecule has 29 heavy (non-hydrogen) atoms. The minimum Gasteiger partial charge on any atom is -0.497 e. The van der Waals surface area contributed by atoms with E-state index in [2.05, 4.69) is 15.0 Å². The standard InChI is InChI=1S/C23H25N3O3/c1-17(27)18-3-7-20(8-4-18)26-13-11-25(12-14-26)16-22-15-23(24-29-22)19-5-9-21(28-2)10-6-19/h3-10,15H,11-14,16H2,1-2H3. The molecule has 0 amide bonds. The van der Waals surface area contributed by atoms with Crippen molar-refractivity contribution in [2.45, 2.75) is 13.5 Å². The maximum atomic E-state index is 11.4. The first-order valence-electron chi connectivity index (χ1n) is 9.81. The third-order valence-electron chi connectivity index (χ3n) is 5.34. The average Bonchev–Trinajstić information content (AvgIpc) is 3.23.